The van der Waals surface area contributed by atoms with E-state index in [2.05, 4.69) is 14.7 Å². The number of nitrogens with zero attached hydrogens (tertiary/aromatic N) is 1. The van der Waals surface area contributed by atoms with E-state index in [1.165, 1.54) is 19.1 Å². The molecule has 0 spiro atoms. The zero-order valence-electron chi connectivity index (χ0n) is 10.1. The van der Waals surface area contributed by atoms with Gasteiger partial charge in [0.15, 0.2) is 4.21 Å². The van der Waals surface area contributed by atoms with E-state index in [1.807, 2.05) is 0 Å². The first kappa shape index (κ1) is 14.2. The quantitative estimate of drug-likeness (QED) is 0.759. The van der Waals surface area contributed by atoms with Crippen LogP contribution in [0.3, 0.4) is 0 Å². The van der Waals surface area contributed by atoms with Crippen LogP contribution in [0.2, 0.25) is 0 Å². The number of carbonyl (C=O) groups is 1. The topological polar surface area (TPSA) is 129 Å². The van der Waals surface area contributed by atoms with Crippen LogP contribution in [0.4, 0.5) is 5.82 Å². The molecule has 0 aliphatic carbocycles. The monoisotopic (exact) mass is 315 g/mol. The number of aromatic carboxylic acids is 1. The summed E-state index contributed by atoms with van der Waals surface area (Å²) in [6, 6.07) is 2.45. The Bertz CT molecular complexity index is 804. The first-order valence-corrected chi connectivity index (χ1v) is 7.51. The summed E-state index contributed by atoms with van der Waals surface area (Å²) in [5.74, 6) is -1.19. The zero-order valence-corrected chi connectivity index (χ0v) is 11.7. The molecule has 0 saturated carbocycles. The summed E-state index contributed by atoms with van der Waals surface area (Å²) >= 11 is 0.565. The van der Waals surface area contributed by atoms with Gasteiger partial charge in [0.2, 0.25) is 0 Å². The van der Waals surface area contributed by atoms with Crippen molar-refractivity contribution in [2.75, 3.05) is 4.72 Å². The summed E-state index contributed by atoms with van der Waals surface area (Å²) in [7, 11) is -3.93. The van der Waals surface area contributed by atoms with Crippen molar-refractivity contribution < 1.29 is 18.3 Å². The Hall–Kier alpha value is -2.20. The van der Waals surface area contributed by atoms with Gasteiger partial charge in [0.05, 0.1) is 5.56 Å². The van der Waals surface area contributed by atoms with Gasteiger partial charge in [0.1, 0.15) is 5.82 Å². The van der Waals surface area contributed by atoms with Crippen molar-refractivity contribution in [1.29, 1.82) is 0 Å². The molecule has 0 aliphatic rings. The molecule has 106 valence electrons. The fraction of sp³-hybridized carbons (Fsp3) is 0.100. The van der Waals surface area contributed by atoms with Gasteiger partial charge in [-0.2, -0.15) is 0 Å². The maximum Gasteiger partial charge on any atom is 0.337 e. The Morgan fingerprint density at radius 2 is 2.15 bits per heavy atom. The highest BCUT2D eigenvalue weighted by Crippen LogP contribution is 2.19. The first-order chi connectivity index (χ1) is 9.29. The van der Waals surface area contributed by atoms with Gasteiger partial charge < -0.3 is 10.1 Å². The van der Waals surface area contributed by atoms with Crippen molar-refractivity contribution in [3.05, 3.63) is 39.3 Å². The Morgan fingerprint density at radius 3 is 2.60 bits per heavy atom. The molecule has 8 nitrogen and oxygen atoms in total. The lowest BCUT2D eigenvalue weighted by atomic mass is 10.3. The molecule has 0 aromatic carbocycles. The van der Waals surface area contributed by atoms with Crippen molar-refractivity contribution in [2.24, 2.45) is 0 Å². The minimum Gasteiger partial charge on any atom is -0.478 e. The molecule has 0 aliphatic heterocycles. The molecule has 10 heteroatoms. The molecule has 2 rings (SSSR count). The smallest absolute Gasteiger partial charge is 0.337 e. The summed E-state index contributed by atoms with van der Waals surface area (Å²) in [5.41, 5.74) is 0.171. The zero-order chi connectivity index (χ0) is 14.9. The fourth-order valence-corrected chi connectivity index (χ4v) is 3.72. The van der Waals surface area contributed by atoms with Crippen molar-refractivity contribution in [3.63, 3.8) is 0 Å². The average Bonchev–Trinajstić information content (AvgIpc) is 2.69. The van der Waals surface area contributed by atoms with Gasteiger partial charge in [0, 0.05) is 11.9 Å². The summed E-state index contributed by atoms with van der Waals surface area (Å²) in [6.07, 6.45) is 1.03. The molecule has 2 aromatic heterocycles. The Balaban J connectivity index is 2.31. The summed E-state index contributed by atoms with van der Waals surface area (Å²) in [5, 5.41) is 8.71. The SMILES string of the molecule is Cc1[nH]c(=O)sc1S(=O)(=O)Nc1ccc(C(=O)O)cn1. The Morgan fingerprint density at radius 1 is 1.45 bits per heavy atom. The van der Waals surface area contributed by atoms with Gasteiger partial charge in [-0.05, 0) is 19.1 Å². The van der Waals surface area contributed by atoms with Crippen LogP contribution in [0, 0.1) is 6.92 Å². The van der Waals surface area contributed by atoms with Crippen LogP contribution in [0.15, 0.2) is 27.3 Å². The number of aromatic nitrogens is 2. The van der Waals surface area contributed by atoms with Crippen molar-refractivity contribution in [3.8, 4) is 0 Å². The maximum absolute atomic E-state index is 12.0. The number of anilines is 1. The van der Waals surface area contributed by atoms with E-state index in [4.69, 9.17) is 5.11 Å². The molecule has 0 fully saturated rings. The molecule has 2 aromatic rings. The normalized spacial score (nSPS) is 11.2. The van der Waals surface area contributed by atoms with Crippen molar-refractivity contribution in [1.82, 2.24) is 9.97 Å². The number of carboxylic acids is 1. The number of carboxylic acid groups (broad SMARTS) is 1. The van der Waals surface area contributed by atoms with Gasteiger partial charge in [-0.15, -0.1) is 0 Å². The van der Waals surface area contributed by atoms with E-state index in [-0.39, 0.29) is 21.3 Å². The van der Waals surface area contributed by atoms with Gasteiger partial charge in [-0.1, -0.05) is 11.3 Å². The third-order valence-electron chi connectivity index (χ3n) is 2.27. The number of thiazole rings is 1. The molecule has 0 atom stereocenters. The fourth-order valence-electron chi connectivity index (χ4n) is 1.41. The van der Waals surface area contributed by atoms with E-state index in [9.17, 15) is 18.0 Å². The Labute approximate surface area is 117 Å². The molecule has 0 radical (unpaired) electrons. The van der Waals surface area contributed by atoms with Gasteiger partial charge in [-0.3, -0.25) is 9.52 Å². The number of hydrogen-bond acceptors (Lipinski definition) is 6. The van der Waals surface area contributed by atoms with E-state index in [0.29, 0.717) is 11.3 Å². The van der Waals surface area contributed by atoms with Crippen LogP contribution >= 0.6 is 11.3 Å². The van der Waals surface area contributed by atoms with Crippen LogP contribution in [-0.4, -0.2) is 29.5 Å². The predicted molar refractivity (Wildman–Crippen MR) is 71.7 cm³/mol. The molecular weight excluding hydrogens is 306 g/mol. The minimum absolute atomic E-state index is 0.0322. The molecule has 3 N–H and O–H groups in total. The number of aryl methyl sites for hydroxylation is 1. The second kappa shape index (κ2) is 5.06. The molecular formula is C10H9N3O5S2. The molecule has 0 saturated heterocycles. The number of pyridine rings is 1. The summed E-state index contributed by atoms with van der Waals surface area (Å²) < 4.78 is 26.1. The van der Waals surface area contributed by atoms with Crippen molar-refractivity contribution in [2.45, 2.75) is 11.1 Å². The number of hydrogen-bond donors (Lipinski definition) is 3. The van der Waals surface area contributed by atoms with Gasteiger partial charge >= 0.3 is 10.8 Å². The van der Waals surface area contributed by atoms with Crippen LogP contribution in [0.5, 0.6) is 0 Å². The number of H-pyrrole nitrogens is 1. The highest BCUT2D eigenvalue weighted by atomic mass is 32.2. The number of nitrogens with one attached hydrogen (secondary N) is 2. The van der Waals surface area contributed by atoms with Crippen molar-refractivity contribution >= 4 is 33.1 Å². The molecule has 0 unspecified atom stereocenters. The third-order valence-corrected chi connectivity index (χ3v) is 5.23. The van der Waals surface area contributed by atoms with E-state index in [0.717, 1.165) is 6.20 Å². The highest BCUT2D eigenvalue weighted by molar-refractivity contribution is 7.94. The number of aromatic amines is 1. The molecule has 0 bridgehead atoms. The lowest BCUT2D eigenvalue weighted by Crippen LogP contribution is -2.14. The van der Waals surface area contributed by atoms with Crippen LogP contribution in [0.25, 0.3) is 0 Å². The van der Waals surface area contributed by atoms with Crippen LogP contribution in [0.1, 0.15) is 16.1 Å². The lowest BCUT2D eigenvalue weighted by molar-refractivity contribution is 0.0696. The molecule has 0 amide bonds. The van der Waals surface area contributed by atoms with Crippen LogP contribution < -0.4 is 9.60 Å². The predicted octanol–water partition coefficient (Wildman–Crippen LogP) is 0.639. The lowest BCUT2D eigenvalue weighted by Gasteiger charge is -2.05. The van der Waals surface area contributed by atoms with Gasteiger partial charge in [0.25, 0.3) is 10.0 Å². The highest BCUT2D eigenvalue weighted by Gasteiger charge is 2.21. The van der Waals surface area contributed by atoms with E-state index in [1.54, 1.807) is 0 Å². The second-order valence-electron chi connectivity index (χ2n) is 3.77. The van der Waals surface area contributed by atoms with E-state index >= 15 is 0 Å². The standard InChI is InChI=1S/C10H9N3O5S2/c1-5-9(19-10(16)12-5)20(17,18)13-7-3-2-6(4-11-7)8(14)15/h2-4H,1H3,(H,11,13)(H,12,16)(H,14,15). The first-order valence-electron chi connectivity index (χ1n) is 5.21. The minimum atomic E-state index is -3.93. The molecule has 20 heavy (non-hydrogen) atoms. The molecule has 2 heterocycles. The Kier molecular flexibility index (Phi) is 3.59. The third kappa shape index (κ3) is 2.86. The summed E-state index contributed by atoms with van der Waals surface area (Å²) in [6.45, 7) is 1.47. The summed E-state index contributed by atoms with van der Waals surface area (Å²) in [4.78, 5) is 27.4. The van der Waals surface area contributed by atoms with E-state index < -0.39 is 20.9 Å². The largest absolute Gasteiger partial charge is 0.478 e. The number of sulfonamides is 1. The number of rotatable bonds is 4. The average molecular weight is 315 g/mol. The maximum atomic E-state index is 12.0. The van der Waals surface area contributed by atoms with Gasteiger partial charge in [-0.25, -0.2) is 18.2 Å². The second-order valence-corrected chi connectivity index (χ2v) is 6.63. The van der Waals surface area contributed by atoms with Crippen LogP contribution in [-0.2, 0) is 10.0 Å².